The molecule has 27 heavy (non-hydrogen) atoms. The fraction of sp³-hybridized carbons (Fsp3) is 0.421. The van der Waals surface area contributed by atoms with E-state index in [0.717, 1.165) is 23.4 Å². The Labute approximate surface area is 156 Å². The van der Waals surface area contributed by atoms with E-state index >= 15 is 0 Å². The number of methoxy groups -OCH3 is 1. The Bertz CT molecular complexity index is 766. The van der Waals surface area contributed by atoms with Gasteiger partial charge in [0.05, 0.1) is 25.4 Å². The fourth-order valence-electron chi connectivity index (χ4n) is 2.89. The minimum Gasteiger partial charge on any atom is -0.497 e. The molecule has 0 radical (unpaired) electrons. The van der Waals surface area contributed by atoms with E-state index in [9.17, 15) is 13.2 Å². The predicted molar refractivity (Wildman–Crippen MR) is 97.2 cm³/mol. The Morgan fingerprint density at radius 3 is 2.63 bits per heavy atom. The first-order chi connectivity index (χ1) is 12.8. The molecule has 2 aromatic rings. The van der Waals surface area contributed by atoms with Crippen molar-refractivity contribution in [3.63, 3.8) is 0 Å². The number of aromatic nitrogens is 1. The van der Waals surface area contributed by atoms with Crippen LogP contribution < -0.4 is 15.0 Å². The predicted octanol–water partition coefficient (Wildman–Crippen LogP) is 3.95. The van der Waals surface area contributed by atoms with Crippen molar-refractivity contribution in [3.05, 3.63) is 47.5 Å². The van der Waals surface area contributed by atoms with Crippen LogP contribution >= 0.6 is 0 Å². The SMILES string of the molecule is COc1ccc(CNc2cc(C(F)(F)F)cc(N3CCO[C@H](C)C3)n2)cc1. The summed E-state index contributed by atoms with van der Waals surface area (Å²) in [6, 6.07) is 9.44. The summed E-state index contributed by atoms with van der Waals surface area (Å²) in [6.45, 7) is 3.73. The number of nitrogens with zero attached hydrogens (tertiary/aromatic N) is 2. The van der Waals surface area contributed by atoms with Crippen LogP contribution in [0, 0.1) is 0 Å². The number of halogens is 3. The molecule has 5 nitrogen and oxygen atoms in total. The Hall–Kier alpha value is -2.48. The van der Waals surface area contributed by atoms with Gasteiger partial charge in [-0.3, -0.25) is 0 Å². The van der Waals surface area contributed by atoms with Crippen LogP contribution in [0.4, 0.5) is 24.8 Å². The monoisotopic (exact) mass is 381 g/mol. The van der Waals surface area contributed by atoms with Crippen LogP contribution in [-0.2, 0) is 17.5 Å². The van der Waals surface area contributed by atoms with Gasteiger partial charge in [0, 0.05) is 19.6 Å². The van der Waals surface area contributed by atoms with Crippen molar-refractivity contribution in [2.45, 2.75) is 25.7 Å². The molecule has 0 spiro atoms. The van der Waals surface area contributed by atoms with Gasteiger partial charge in [0.25, 0.3) is 0 Å². The summed E-state index contributed by atoms with van der Waals surface area (Å²) in [7, 11) is 1.58. The summed E-state index contributed by atoms with van der Waals surface area (Å²) in [6.07, 6.45) is -4.49. The Morgan fingerprint density at radius 1 is 1.26 bits per heavy atom. The van der Waals surface area contributed by atoms with Gasteiger partial charge in [-0.15, -0.1) is 0 Å². The number of ether oxygens (including phenoxy) is 2. The van der Waals surface area contributed by atoms with Gasteiger partial charge in [-0.25, -0.2) is 4.98 Å². The number of benzene rings is 1. The maximum absolute atomic E-state index is 13.3. The zero-order chi connectivity index (χ0) is 19.4. The first kappa shape index (κ1) is 19.3. The summed E-state index contributed by atoms with van der Waals surface area (Å²) in [5.74, 6) is 1.21. The van der Waals surface area contributed by atoms with Gasteiger partial charge < -0.3 is 19.7 Å². The molecule has 0 saturated carbocycles. The molecule has 1 saturated heterocycles. The lowest BCUT2D eigenvalue weighted by molar-refractivity contribution is -0.137. The molecule has 1 aliphatic heterocycles. The Morgan fingerprint density at radius 2 is 2.00 bits per heavy atom. The number of hydrogen-bond donors (Lipinski definition) is 1. The molecular weight excluding hydrogens is 359 g/mol. The van der Waals surface area contributed by atoms with Crippen LogP contribution in [0.2, 0.25) is 0 Å². The third-order valence-electron chi connectivity index (χ3n) is 4.34. The van der Waals surface area contributed by atoms with Gasteiger partial charge >= 0.3 is 6.18 Å². The van der Waals surface area contributed by atoms with E-state index in [1.54, 1.807) is 19.2 Å². The van der Waals surface area contributed by atoms with Crippen LogP contribution in [0.1, 0.15) is 18.1 Å². The van der Waals surface area contributed by atoms with Crippen molar-refractivity contribution in [2.24, 2.45) is 0 Å². The minimum atomic E-state index is -4.44. The molecule has 1 atom stereocenters. The number of pyridine rings is 1. The van der Waals surface area contributed by atoms with Crippen LogP contribution in [-0.4, -0.2) is 37.9 Å². The van der Waals surface area contributed by atoms with E-state index in [2.05, 4.69) is 10.3 Å². The average molecular weight is 381 g/mol. The Balaban J connectivity index is 1.81. The first-order valence-corrected chi connectivity index (χ1v) is 8.68. The molecule has 2 heterocycles. The van der Waals surface area contributed by atoms with Gasteiger partial charge in [0.1, 0.15) is 17.4 Å². The van der Waals surface area contributed by atoms with Gasteiger partial charge in [0.15, 0.2) is 0 Å². The number of nitrogens with one attached hydrogen (secondary N) is 1. The summed E-state index contributed by atoms with van der Waals surface area (Å²) in [5.41, 5.74) is 0.195. The standard InChI is InChI=1S/C19H22F3N3O2/c1-13-12-25(7-8-27-13)18-10-15(19(20,21)22)9-17(24-18)23-11-14-3-5-16(26-2)6-4-14/h3-6,9-10,13H,7-8,11-12H2,1-2H3,(H,23,24)/t13-/m1/s1. The van der Waals surface area contributed by atoms with E-state index < -0.39 is 11.7 Å². The molecule has 1 fully saturated rings. The molecule has 8 heteroatoms. The quantitative estimate of drug-likeness (QED) is 0.850. The number of alkyl halides is 3. The highest BCUT2D eigenvalue weighted by Crippen LogP contribution is 2.33. The molecule has 0 bridgehead atoms. The van der Waals surface area contributed by atoms with Gasteiger partial charge in [-0.2, -0.15) is 13.2 Å². The van der Waals surface area contributed by atoms with Gasteiger partial charge in [0.2, 0.25) is 0 Å². The van der Waals surface area contributed by atoms with Crippen LogP contribution in [0.5, 0.6) is 5.75 Å². The van der Waals surface area contributed by atoms with Crippen LogP contribution in [0.3, 0.4) is 0 Å². The molecule has 1 aromatic carbocycles. The van der Waals surface area contributed by atoms with Crippen molar-refractivity contribution < 1.29 is 22.6 Å². The van der Waals surface area contributed by atoms with Gasteiger partial charge in [-0.1, -0.05) is 12.1 Å². The average Bonchev–Trinajstić information content (AvgIpc) is 2.66. The second-order valence-corrected chi connectivity index (χ2v) is 6.43. The maximum atomic E-state index is 13.3. The lowest BCUT2D eigenvalue weighted by atomic mass is 10.2. The van der Waals surface area contributed by atoms with Crippen LogP contribution in [0.25, 0.3) is 0 Å². The molecule has 1 aliphatic rings. The number of morpholine rings is 1. The maximum Gasteiger partial charge on any atom is 0.416 e. The van der Waals surface area contributed by atoms with E-state index in [0.29, 0.717) is 32.1 Å². The number of rotatable bonds is 5. The van der Waals surface area contributed by atoms with Crippen molar-refractivity contribution in [1.82, 2.24) is 4.98 Å². The second kappa shape index (κ2) is 8.04. The number of anilines is 2. The lowest BCUT2D eigenvalue weighted by Crippen LogP contribution is -2.41. The molecule has 0 unspecified atom stereocenters. The van der Waals surface area contributed by atoms with E-state index in [-0.39, 0.29) is 11.9 Å². The van der Waals surface area contributed by atoms with Crippen molar-refractivity contribution in [1.29, 1.82) is 0 Å². The van der Waals surface area contributed by atoms with Crippen molar-refractivity contribution in [3.8, 4) is 5.75 Å². The van der Waals surface area contributed by atoms with Gasteiger partial charge in [-0.05, 0) is 36.8 Å². The molecule has 1 aromatic heterocycles. The number of hydrogen-bond acceptors (Lipinski definition) is 5. The molecular formula is C19H22F3N3O2. The summed E-state index contributed by atoms with van der Waals surface area (Å²) in [5, 5.41) is 2.99. The molecule has 1 N–H and O–H groups in total. The van der Waals surface area contributed by atoms with Crippen molar-refractivity contribution in [2.75, 3.05) is 37.0 Å². The molecule has 3 rings (SSSR count). The summed E-state index contributed by atoms with van der Waals surface area (Å²) < 4.78 is 50.5. The highest BCUT2D eigenvalue weighted by atomic mass is 19.4. The first-order valence-electron chi connectivity index (χ1n) is 8.68. The highest BCUT2D eigenvalue weighted by molar-refractivity contribution is 5.52. The van der Waals surface area contributed by atoms with E-state index in [1.807, 2.05) is 24.0 Å². The normalized spacial score (nSPS) is 17.7. The summed E-state index contributed by atoms with van der Waals surface area (Å²) in [4.78, 5) is 6.21. The highest BCUT2D eigenvalue weighted by Gasteiger charge is 2.32. The topological polar surface area (TPSA) is 46.6 Å². The lowest BCUT2D eigenvalue weighted by Gasteiger charge is -2.32. The fourth-order valence-corrected chi connectivity index (χ4v) is 2.89. The molecule has 146 valence electrons. The molecule has 0 amide bonds. The third kappa shape index (κ3) is 5.03. The Kier molecular flexibility index (Phi) is 5.74. The summed E-state index contributed by atoms with van der Waals surface area (Å²) >= 11 is 0. The smallest absolute Gasteiger partial charge is 0.416 e. The zero-order valence-corrected chi connectivity index (χ0v) is 15.2. The minimum absolute atomic E-state index is 0.0502. The van der Waals surface area contributed by atoms with Crippen molar-refractivity contribution >= 4 is 11.6 Å². The second-order valence-electron chi connectivity index (χ2n) is 6.43. The van der Waals surface area contributed by atoms with E-state index in [4.69, 9.17) is 9.47 Å². The third-order valence-corrected chi connectivity index (χ3v) is 4.34. The van der Waals surface area contributed by atoms with E-state index in [1.165, 1.54) is 0 Å². The molecule has 0 aliphatic carbocycles. The largest absolute Gasteiger partial charge is 0.497 e. The van der Waals surface area contributed by atoms with Crippen LogP contribution in [0.15, 0.2) is 36.4 Å². The zero-order valence-electron chi connectivity index (χ0n) is 15.2.